The number of hydrogen-bond acceptors (Lipinski definition) is 8. The average molecular weight is 447 g/mol. The zero-order chi connectivity index (χ0) is 21.9. The Balaban J connectivity index is 1.39. The number of rotatable bonds is 14. The lowest BCUT2D eigenvalue weighted by atomic mass is 10.2. The highest BCUT2D eigenvalue weighted by molar-refractivity contribution is 7.22. The van der Waals surface area contributed by atoms with Gasteiger partial charge in [0, 0.05) is 19.7 Å². The standard InChI is InChI=1S/C23H30N2O5S/c1-25(2)21-5-3-4-20-22(21)31-23(24-20)18-6-8-19(9-7-18)30-17-16-29-15-14-28-13-12-27-11-10-26/h3-9,26H,10-17H2,1-2H3. The number of anilines is 1. The number of fused-ring (bicyclic) bond motifs is 1. The van der Waals surface area contributed by atoms with Gasteiger partial charge < -0.3 is 29.0 Å². The zero-order valence-electron chi connectivity index (χ0n) is 18.1. The fraction of sp³-hybridized carbons (Fsp3) is 0.435. The van der Waals surface area contributed by atoms with Crippen molar-refractivity contribution in [2.45, 2.75) is 0 Å². The first-order valence-electron chi connectivity index (χ1n) is 10.3. The summed E-state index contributed by atoms with van der Waals surface area (Å²) in [6, 6.07) is 14.2. The smallest absolute Gasteiger partial charge is 0.124 e. The molecule has 1 heterocycles. The molecule has 0 fully saturated rings. The maximum atomic E-state index is 8.59. The first-order valence-corrected chi connectivity index (χ1v) is 11.1. The van der Waals surface area contributed by atoms with Gasteiger partial charge in [-0.1, -0.05) is 6.07 Å². The van der Waals surface area contributed by atoms with E-state index in [9.17, 15) is 0 Å². The second-order valence-corrected chi connectivity index (χ2v) is 7.97. The van der Waals surface area contributed by atoms with Crippen molar-refractivity contribution in [1.82, 2.24) is 4.98 Å². The van der Waals surface area contributed by atoms with Crippen LogP contribution in [0.2, 0.25) is 0 Å². The summed E-state index contributed by atoms with van der Waals surface area (Å²) >= 11 is 1.70. The number of aromatic nitrogens is 1. The van der Waals surface area contributed by atoms with Crippen LogP contribution in [0.15, 0.2) is 42.5 Å². The predicted molar refractivity (Wildman–Crippen MR) is 124 cm³/mol. The third-order valence-electron chi connectivity index (χ3n) is 4.45. The van der Waals surface area contributed by atoms with Gasteiger partial charge in [0.25, 0.3) is 0 Å². The summed E-state index contributed by atoms with van der Waals surface area (Å²) < 4.78 is 22.9. The lowest BCUT2D eigenvalue weighted by molar-refractivity contribution is 0.00361. The van der Waals surface area contributed by atoms with E-state index in [1.165, 1.54) is 10.4 Å². The SMILES string of the molecule is CN(C)c1cccc2nc(-c3ccc(OCCOCCOCCOCCO)cc3)sc12. The van der Waals surface area contributed by atoms with Crippen LogP contribution < -0.4 is 9.64 Å². The zero-order valence-corrected chi connectivity index (χ0v) is 18.9. The van der Waals surface area contributed by atoms with E-state index in [2.05, 4.69) is 17.0 Å². The Labute approximate surface area is 187 Å². The van der Waals surface area contributed by atoms with E-state index in [1.54, 1.807) is 11.3 Å². The summed E-state index contributed by atoms with van der Waals surface area (Å²) in [5.41, 5.74) is 3.28. The lowest BCUT2D eigenvalue weighted by Crippen LogP contribution is -2.13. The summed E-state index contributed by atoms with van der Waals surface area (Å²) in [4.78, 5) is 6.90. The largest absolute Gasteiger partial charge is 0.491 e. The molecule has 0 spiro atoms. The Hall–Kier alpha value is -2.23. The van der Waals surface area contributed by atoms with E-state index < -0.39 is 0 Å². The Morgan fingerprint density at radius 3 is 2.13 bits per heavy atom. The summed E-state index contributed by atoms with van der Waals surface area (Å²) in [7, 11) is 4.10. The quantitative estimate of drug-likeness (QED) is 0.380. The van der Waals surface area contributed by atoms with E-state index in [0.717, 1.165) is 21.8 Å². The van der Waals surface area contributed by atoms with Crippen LogP contribution in [-0.4, -0.2) is 77.0 Å². The maximum absolute atomic E-state index is 8.59. The number of aliphatic hydroxyl groups is 1. The van der Waals surface area contributed by atoms with E-state index in [0.29, 0.717) is 46.2 Å². The molecule has 1 aromatic heterocycles. The summed E-state index contributed by atoms with van der Waals surface area (Å²) in [5.74, 6) is 0.805. The molecule has 0 amide bonds. The van der Waals surface area contributed by atoms with Crippen LogP contribution in [0.5, 0.6) is 5.75 Å². The van der Waals surface area contributed by atoms with Crippen LogP contribution in [0.25, 0.3) is 20.8 Å². The minimum Gasteiger partial charge on any atom is -0.491 e. The topological polar surface area (TPSA) is 73.3 Å². The first kappa shape index (κ1) is 23.4. The third-order valence-corrected chi connectivity index (χ3v) is 5.60. The second kappa shape index (κ2) is 12.6. The van der Waals surface area contributed by atoms with Crippen LogP contribution in [0, 0.1) is 0 Å². The Morgan fingerprint density at radius 1 is 0.839 bits per heavy atom. The molecule has 7 nitrogen and oxygen atoms in total. The fourth-order valence-electron chi connectivity index (χ4n) is 2.93. The van der Waals surface area contributed by atoms with Gasteiger partial charge in [0.1, 0.15) is 17.4 Å². The normalized spacial score (nSPS) is 11.2. The molecule has 0 aliphatic carbocycles. The number of thiazole rings is 1. The van der Waals surface area contributed by atoms with Gasteiger partial charge in [-0.15, -0.1) is 11.3 Å². The van der Waals surface area contributed by atoms with Gasteiger partial charge in [0.15, 0.2) is 0 Å². The van der Waals surface area contributed by atoms with Crippen molar-refractivity contribution in [3.05, 3.63) is 42.5 Å². The van der Waals surface area contributed by atoms with Gasteiger partial charge in [-0.3, -0.25) is 0 Å². The Bertz CT molecular complexity index is 914. The molecule has 3 aromatic rings. The van der Waals surface area contributed by atoms with Crippen LogP contribution >= 0.6 is 11.3 Å². The molecule has 0 aliphatic heterocycles. The molecule has 0 bridgehead atoms. The molecule has 3 rings (SSSR count). The molecule has 0 atom stereocenters. The number of benzene rings is 2. The number of nitrogens with zero attached hydrogens (tertiary/aromatic N) is 2. The van der Waals surface area contributed by atoms with Crippen LogP contribution in [0.4, 0.5) is 5.69 Å². The Kier molecular flexibility index (Phi) is 9.51. The predicted octanol–water partition coefficient (Wildman–Crippen LogP) is 3.45. The molecular weight excluding hydrogens is 416 g/mol. The Morgan fingerprint density at radius 2 is 1.48 bits per heavy atom. The molecule has 8 heteroatoms. The van der Waals surface area contributed by atoms with Gasteiger partial charge in [0.05, 0.1) is 62.2 Å². The highest BCUT2D eigenvalue weighted by atomic mass is 32.1. The highest BCUT2D eigenvalue weighted by Gasteiger charge is 2.11. The van der Waals surface area contributed by atoms with Gasteiger partial charge in [0.2, 0.25) is 0 Å². The highest BCUT2D eigenvalue weighted by Crippen LogP contribution is 2.36. The van der Waals surface area contributed by atoms with Gasteiger partial charge in [-0.2, -0.15) is 0 Å². The van der Waals surface area contributed by atoms with Crippen molar-refractivity contribution < 1.29 is 24.1 Å². The molecule has 0 aliphatic rings. The van der Waals surface area contributed by atoms with E-state index >= 15 is 0 Å². The van der Waals surface area contributed by atoms with Crippen molar-refractivity contribution in [1.29, 1.82) is 0 Å². The number of hydrogen-bond donors (Lipinski definition) is 1. The molecule has 0 saturated heterocycles. The third kappa shape index (κ3) is 7.15. The van der Waals surface area contributed by atoms with Crippen LogP contribution in [0.3, 0.4) is 0 Å². The van der Waals surface area contributed by atoms with Crippen molar-refractivity contribution >= 4 is 27.2 Å². The molecule has 2 aromatic carbocycles. The van der Waals surface area contributed by atoms with Crippen LogP contribution in [-0.2, 0) is 14.2 Å². The molecule has 1 N–H and O–H groups in total. The van der Waals surface area contributed by atoms with Crippen molar-refractivity contribution in [2.75, 3.05) is 71.9 Å². The van der Waals surface area contributed by atoms with Crippen molar-refractivity contribution in [3.63, 3.8) is 0 Å². The second-order valence-electron chi connectivity index (χ2n) is 6.97. The van der Waals surface area contributed by atoms with E-state index in [4.69, 9.17) is 29.0 Å². The van der Waals surface area contributed by atoms with Gasteiger partial charge in [-0.25, -0.2) is 4.98 Å². The van der Waals surface area contributed by atoms with Gasteiger partial charge >= 0.3 is 0 Å². The lowest BCUT2D eigenvalue weighted by Gasteiger charge is -2.12. The molecule has 0 unspecified atom stereocenters. The molecule has 0 radical (unpaired) electrons. The first-order chi connectivity index (χ1) is 15.2. The average Bonchev–Trinajstić information content (AvgIpc) is 3.22. The number of aliphatic hydroxyl groups excluding tert-OH is 1. The molecule has 168 valence electrons. The van der Waals surface area contributed by atoms with E-state index in [-0.39, 0.29) is 6.61 Å². The van der Waals surface area contributed by atoms with E-state index in [1.807, 2.05) is 44.4 Å². The van der Waals surface area contributed by atoms with Gasteiger partial charge in [-0.05, 0) is 36.4 Å². The van der Waals surface area contributed by atoms with Crippen molar-refractivity contribution in [3.8, 4) is 16.3 Å². The van der Waals surface area contributed by atoms with Crippen LogP contribution in [0.1, 0.15) is 0 Å². The monoisotopic (exact) mass is 446 g/mol. The molecule has 0 saturated carbocycles. The molecule has 31 heavy (non-hydrogen) atoms. The van der Waals surface area contributed by atoms with Crippen molar-refractivity contribution in [2.24, 2.45) is 0 Å². The summed E-state index contributed by atoms with van der Waals surface area (Å²) in [6.45, 7) is 3.35. The fourth-order valence-corrected chi connectivity index (χ4v) is 4.09. The maximum Gasteiger partial charge on any atom is 0.124 e. The summed E-state index contributed by atoms with van der Waals surface area (Å²) in [5, 5.41) is 9.59. The summed E-state index contributed by atoms with van der Waals surface area (Å²) in [6.07, 6.45) is 0. The minimum absolute atomic E-state index is 0.0332. The number of ether oxygens (including phenoxy) is 4. The minimum atomic E-state index is 0.0332. The molecular formula is C23H30N2O5S.